The zero-order valence-electron chi connectivity index (χ0n) is 12.3. The summed E-state index contributed by atoms with van der Waals surface area (Å²) in [5.74, 6) is 0. The van der Waals surface area contributed by atoms with Gasteiger partial charge in [-0.25, -0.2) is 0 Å². The molecule has 0 aliphatic rings. The molecule has 17 heavy (non-hydrogen) atoms. The summed E-state index contributed by atoms with van der Waals surface area (Å²) < 4.78 is 5.62. The van der Waals surface area contributed by atoms with Gasteiger partial charge in [-0.15, -0.1) is 0 Å². The molecule has 0 aliphatic heterocycles. The summed E-state index contributed by atoms with van der Waals surface area (Å²) in [6, 6.07) is 0.620. The highest BCUT2D eigenvalue weighted by atomic mass is 16.5. The molecule has 0 bridgehead atoms. The molecular formula is C15H33NO. The Hall–Kier alpha value is -0.0800. The van der Waals surface area contributed by atoms with Crippen molar-refractivity contribution in [2.75, 3.05) is 19.8 Å². The van der Waals surface area contributed by atoms with Gasteiger partial charge in [-0.1, -0.05) is 46.5 Å². The van der Waals surface area contributed by atoms with Gasteiger partial charge >= 0.3 is 0 Å². The minimum Gasteiger partial charge on any atom is -0.381 e. The fraction of sp³-hybridized carbons (Fsp3) is 1.00. The molecule has 1 N–H and O–H groups in total. The van der Waals surface area contributed by atoms with Crippen LogP contribution in [0.2, 0.25) is 0 Å². The van der Waals surface area contributed by atoms with E-state index in [4.69, 9.17) is 4.74 Å². The van der Waals surface area contributed by atoms with Crippen LogP contribution in [0.3, 0.4) is 0 Å². The Morgan fingerprint density at radius 1 is 0.824 bits per heavy atom. The maximum Gasteiger partial charge on any atom is 0.0466 e. The van der Waals surface area contributed by atoms with E-state index in [-0.39, 0.29) is 0 Å². The molecule has 0 atom stereocenters. The lowest BCUT2D eigenvalue weighted by molar-refractivity contribution is 0.126. The van der Waals surface area contributed by atoms with E-state index in [2.05, 4.69) is 26.1 Å². The minimum atomic E-state index is 0.620. The largest absolute Gasteiger partial charge is 0.381 e. The summed E-state index contributed by atoms with van der Waals surface area (Å²) in [5.41, 5.74) is 0. The number of rotatable bonds is 13. The van der Waals surface area contributed by atoms with E-state index in [1.807, 2.05) is 0 Å². The minimum absolute atomic E-state index is 0.620. The highest BCUT2D eigenvalue weighted by Gasteiger charge is 1.93. The van der Waals surface area contributed by atoms with Crippen molar-refractivity contribution in [2.24, 2.45) is 0 Å². The van der Waals surface area contributed by atoms with Gasteiger partial charge in [0.15, 0.2) is 0 Å². The van der Waals surface area contributed by atoms with Gasteiger partial charge in [-0.05, 0) is 32.2 Å². The standard InChI is InChI=1S/C15H33NO/c1-4-5-6-7-10-13-17-14-11-8-9-12-16-15(2)3/h15-16H,4-14H2,1-3H3. The molecule has 0 aromatic heterocycles. The Morgan fingerprint density at radius 3 is 2.00 bits per heavy atom. The summed E-state index contributed by atoms with van der Waals surface area (Å²) >= 11 is 0. The quantitative estimate of drug-likeness (QED) is 0.491. The lowest BCUT2D eigenvalue weighted by Crippen LogP contribution is -2.23. The number of hydrogen-bond donors (Lipinski definition) is 1. The zero-order valence-corrected chi connectivity index (χ0v) is 12.3. The van der Waals surface area contributed by atoms with Gasteiger partial charge in [0, 0.05) is 19.3 Å². The Kier molecular flexibility index (Phi) is 13.9. The Bertz CT molecular complexity index is 137. The van der Waals surface area contributed by atoms with Crippen LogP contribution in [0.15, 0.2) is 0 Å². The van der Waals surface area contributed by atoms with Gasteiger partial charge in [0.05, 0.1) is 0 Å². The zero-order chi connectivity index (χ0) is 12.8. The van der Waals surface area contributed by atoms with Crippen LogP contribution in [0.5, 0.6) is 0 Å². The molecule has 2 nitrogen and oxygen atoms in total. The van der Waals surface area contributed by atoms with Gasteiger partial charge in [0.25, 0.3) is 0 Å². The first-order valence-electron chi connectivity index (χ1n) is 7.58. The molecule has 0 saturated carbocycles. The van der Waals surface area contributed by atoms with E-state index in [0.29, 0.717) is 6.04 Å². The fourth-order valence-electron chi connectivity index (χ4n) is 1.81. The number of hydrogen-bond acceptors (Lipinski definition) is 2. The van der Waals surface area contributed by atoms with Crippen molar-refractivity contribution >= 4 is 0 Å². The summed E-state index contributed by atoms with van der Waals surface area (Å²) in [6.45, 7) is 9.71. The van der Waals surface area contributed by atoms with Crippen LogP contribution in [0.4, 0.5) is 0 Å². The summed E-state index contributed by atoms with van der Waals surface area (Å²) in [4.78, 5) is 0. The maximum atomic E-state index is 5.62. The smallest absolute Gasteiger partial charge is 0.0466 e. The molecule has 0 fully saturated rings. The predicted octanol–water partition coefficient (Wildman–Crippen LogP) is 4.14. The SMILES string of the molecule is CCCCCCCOCCCCCNC(C)C. The second-order valence-corrected chi connectivity index (χ2v) is 5.20. The van der Waals surface area contributed by atoms with E-state index < -0.39 is 0 Å². The molecule has 0 aliphatic carbocycles. The summed E-state index contributed by atoms with van der Waals surface area (Å²) in [7, 11) is 0. The van der Waals surface area contributed by atoms with Crippen LogP contribution in [-0.2, 0) is 4.74 Å². The van der Waals surface area contributed by atoms with Crippen LogP contribution >= 0.6 is 0 Å². The fourth-order valence-corrected chi connectivity index (χ4v) is 1.81. The van der Waals surface area contributed by atoms with Crippen molar-refractivity contribution in [3.63, 3.8) is 0 Å². The molecule has 104 valence electrons. The maximum absolute atomic E-state index is 5.62. The second-order valence-electron chi connectivity index (χ2n) is 5.20. The topological polar surface area (TPSA) is 21.3 Å². The number of unbranched alkanes of at least 4 members (excludes halogenated alkanes) is 6. The van der Waals surface area contributed by atoms with Gasteiger partial charge in [-0.3, -0.25) is 0 Å². The molecule has 0 aromatic carbocycles. The lowest BCUT2D eigenvalue weighted by Gasteiger charge is -2.07. The van der Waals surface area contributed by atoms with E-state index in [1.54, 1.807) is 0 Å². The molecule has 0 saturated heterocycles. The van der Waals surface area contributed by atoms with Crippen molar-refractivity contribution in [1.29, 1.82) is 0 Å². The first kappa shape index (κ1) is 16.9. The average Bonchev–Trinajstić information content (AvgIpc) is 2.30. The van der Waals surface area contributed by atoms with Crippen LogP contribution < -0.4 is 5.32 Å². The van der Waals surface area contributed by atoms with E-state index in [0.717, 1.165) is 19.8 Å². The van der Waals surface area contributed by atoms with Crippen LogP contribution in [-0.4, -0.2) is 25.8 Å². The van der Waals surface area contributed by atoms with E-state index in [1.165, 1.54) is 51.4 Å². The van der Waals surface area contributed by atoms with Gasteiger partial charge in [0.1, 0.15) is 0 Å². The molecule has 0 radical (unpaired) electrons. The predicted molar refractivity (Wildman–Crippen MR) is 76.6 cm³/mol. The number of ether oxygens (including phenoxy) is 1. The van der Waals surface area contributed by atoms with Crippen molar-refractivity contribution in [3.8, 4) is 0 Å². The van der Waals surface area contributed by atoms with Crippen molar-refractivity contribution < 1.29 is 4.74 Å². The van der Waals surface area contributed by atoms with Gasteiger partial charge < -0.3 is 10.1 Å². The van der Waals surface area contributed by atoms with Crippen LogP contribution in [0.25, 0.3) is 0 Å². The third kappa shape index (κ3) is 15.9. The Morgan fingerprint density at radius 2 is 1.41 bits per heavy atom. The number of nitrogens with one attached hydrogen (secondary N) is 1. The first-order chi connectivity index (χ1) is 8.27. The lowest BCUT2D eigenvalue weighted by atomic mass is 10.2. The Labute approximate surface area is 109 Å². The van der Waals surface area contributed by atoms with Crippen molar-refractivity contribution in [1.82, 2.24) is 5.32 Å². The third-order valence-corrected chi connectivity index (χ3v) is 2.91. The molecule has 0 heterocycles. The molecular weight excluding hydrogens is 210 g/mol. The summed E-state index contributed by atoms with van der Waals surface area (Å²) in [5, 5.41) is 3.44. The van der Waals surface area contributed by atoms with Crippen LogP contribution in [0, 0.1) is 0 Å². The first-order valence-corrected chi connectivity index (χ1v) is 7.58. The molecule has 0 spiro atoms. The van der Waals surface area contributed by atoms with E-state index >= 15 is 0 Å². The van der Waals surface area contributed by atoms with Gasteiger partial charge in [-0.2, -0.15) is 0 Å². The molecule has 0 unspecified atom stereocenters. The van der Waals surface area contributed by atoms with Gasteiger partial charge in [0.2, 0.25) is 0 Å². The van der Waals surface area contributed by atoms with Crippen molar-refractivity contribution in [3.05, 3.63) is 0 Å². The van der Waals surface area contributed by atoms with E-state index in [9.17, 15) is 0 Å². The molecule has 0 rings (SSSR count). The second kappa shape index (κ2) is 14.0. The monoisotopic (exact) mass is 243 g/mol. The summed E-state index contributed by atoms with van der Waals surface area (Å²) in [6.07, 6.45) is 10.4. The highest BCUT2D eigenvalue weighted by Crippen LogP contribution is 2.03. The molecule has 2 heteroatoms. The highest BCUT2D eigenvalue weighted by molar-refractivity contribution is 4.52. The van der Waals surface area contributed by atoms with Crippen molar-refractivity contribution in [2.45, 2.75) is 78.2 Å². The third-order valence-electron chi connectivity index (χ3n) is 2.91. The molecule has 0 amide bonds. The average molecular weight is 243 g/mol. The van der Waals surface area contributed by atoms with Crippen LogP contribution in [0.1, 0.15) is 72.1 Å². The normalized spacial score (nSPS) is 11.3. The Balaban J connectivity index is 2.89. The molecule has 0 aromatic rings.